The maximum absolute atomic E-state index is 12.7. The molecular formula is C13H18N4O4. The second-order valence-corrected chi connectivity index (χ2v) is 5.56. The lowest BCUT2D eigenvalue weighted by molar-refractivity contribution is -0.385. The van der Waals surface area contributed by atoms with E-state index in [0.29, 0.717) is 18.8 Å². The molecule has 1 aliphatic carbocycles. The summed E-state index contributed by atoms with van der Waals surface area (Å²) in [6, 6.07) is 0.0108. The molecule has 1 amide bonds. The van der Waals surface area contributed by atoms with E-state index >= 15 is 0 Å². The Balaban J connectivity index is 1.89. The average molecular weight is 294 g/mol. The summed E-state index contributed by atoms with van der Waals surface area (Å²) in [6.45, 7) is 2.48. The van der Waals surface area contributed by atoms with E-state index in [2.05, 4.69) is 10.2 Å². The standard InChI is InChI=1S/C13H18N4O4/c1-8-12(17(19)20)11(15-14-8)13(18)16-6-7-21-10-5-3-2-4-9(10)16/h9-10H,2-7H2,1H3,(H,14,15). The minimum Gasteiger partial charge on any atom is -0.374 e. The molecule has 2 fully saturated rings. The monoisotopic (exact) mass is 294 g/mol. The van der Waals surface area contributed by atoms with E-state index in [9.17, 15) is 14.9 Å². The van der Waals surface area contributed by atoms with Crippen LogP contribution in [-0.2, 0) is 4.74 Å². The maximum atomic E-state index is 12.7. The number of hydrogen-bond donors (Lipinski definition) is 1. The van der Waals surface area contributed by atoms with Crippen LogP contribution < -0.4 is 0 Å². The molecule has 1 saturated heterocycles. The highest BCUT2D eigenvalue weighted by atomic mass is 16.6. The van der Waals surface area contributed by atoms with E-state index in [1.54, 1.807) is 11.8 Å². The van der Waals surface area contributed by atoms with Gasteiger partial charge in [0.05, 0.1) is 23.7 Å². The molecule has 0 aromatic carbocycles. The Kier molecular flexibility index (Phi) is 3.62. The second kappa shape index (κ2) is 5.44. The number of nitro groups is 1. The fourth-order valence-electron chi connectivity index (χ4n) is 3.28. The predicted octanol–water partition coefficient (Wildman–Crippen LogP) is 1.41. The highest BCUT2D eigenvalue weighted by Crippen LogP contribution is 2.31. The zero-order valence-corrected chi connectivity index (χ0v) is 11.9. The largest absolute Gasteiger partial charge is 0.374 e. The van der Waals surface area contributed by atoms with E-state index in [1.807, 2.05) is 0 Å². The number of hydrogen-bond acceptors (Lipinski definition) is 5. The topological polar surface area (TPSA) is 101 Å². The molecule has 0 spiro atoms. The Labute approximate surface area is 121 Å². The number of carbonyl (C=O) groups excluding carboxylic acids is 1. The molecule has 2 aliphatic rings. The van der Waals surface area contributed by atoms with Gasteiger partial charge in [0.2, 0.25) is 5.69 Å². The van der Waals surface area contributed by atoms with Gasteiger partial charge in [-0.3, -0.25) is 20.0 Å². The Morgan fingerprint density at radius 1 is 1.48 bits per heavy atom. The first-order valence-electron chi connectivity index (χ1n) is 7.21. The molecule has 1 aromatic rings. The third kappa shape index (κ3) is 2.39. The van der Waals surface area contributed by atoms with Crippen molar-refractivity contribution in [3.05, 3.63) is 21.5 Å². The molecule has 114 valence electrons. The normalized spacial score (nSPS) is 25.5. The third-order valence-corrected chi connectivity index (χ3v) is 4.29. The number of carbonyl (C=O) groups is 1. The van der Waals surface area contributed by atoms with Crippen molar-refractivity contribution < 1.29 is 14.5 Å². The van der Waals surface area contributed by atoms with Gasteiger partial charge in [-0.2, -0.15) is 5.10 Å². The number of nitrogens with zero attached hydrogens (tertiary/aromatic N) is 3. The maximum Gasteiger partial charge on any atom is 0.322 e. The number of nitrogens with one attached hydrogen (secondary N) is 1. The van der Waals surface area contributed by atoms with Crippen LogP contribution >= 0.6 is 0 Å². The lowest BCUT2D eigenvalue weighted by Gasteiger charge is -2.43. The van der Waals surface area contributed by atoms with Gasteiger partial charge < -0.3 is 9.64 Å². The first kappa shape index (κ1) is 14.0. The number of rotatable bonds is 2. The van der Waals surface area contributed by atoms with Gasteiger partial charge in [0.15, 0.2) is 0 Å². The Morgan fingerprint density at radius 3 is 3.00 bits per heavy atom. The van der Waals surface area contributed by atoms with Gasteiger partial charge in [0.25, 0.3) is 5.91 Å². The second-order valence-electron chi connectivity index (χ2n) is 5.56. The van der Waals surface area contributed by atoms with Gasteiger partial charge in [0.1, 0.15) is 5.69 Å². The van der Waals surface area contributed by atoms with Crippen molar-refractivity contribution in [2.24, 2.45) is 0 Å². The number of aromatic nitrogens is 2. The van der Waals surface area contributed by atoms with Gasteiger partial charge >= 0.3 is 5.69 Å². The minimum atomic E-state index is -0.551. The van der Waals surface area contributed by atoms with Crippen molar-refractivity contribution in [1.82, 2.24) is 15.1 Å². The molecule has 1 N–H and O–H groups in total. The molecule has 1 saturated carbocycles. The molecule has 2 unspecified atom stereocenters. The lowest BCUT2D eigenvalue weighted by atomic mass is 9.90. The van der Waals surface area contributed by atoms with Crippen molar-refractivity contribution in [2.45, 2.75) is 44.8 Å². The van der Waals surface area contributed by atoms with Gasteiger partial charge in [-0.25, -0.2) is 0 Å². The molecule has 1 aromatic heterocycles. The molecule has 2 heterocycles. The molecular weight excluding hydrogens is 276 g/mol. The van der Waals surface area contributed by atoms with Crippen molar-refractivity contribution in [2.75, 3.05) is 13.2 Å². The SMILES string of the molecule is Cc1[nH]nc(C(=O)N2CCOC3CCCCC32)c1[N+](=O)[O-]. The summed E-state index contributed by atoms with van der Waals surface area (Å²) >= 11 is 0. The first-order valence-corrected chi connectivity index (χ1v) is 7.21. The summed E-state index contributed by atoms with van der Waals surface area (Å²) < 4.78 is 5.73. The molecule has 0 radical (unpaired) electrons. The zero-order chi connectivity index (χ0) is 15.0. The van der Waals surface area contributed by atoms with E-state index in [4.69, 9.17) is 4.74 Å². The van der Waals surface area contributed by atoms with Crippen LogP contribution in [0, 0.1) is 17.0 Å². The Hall–Kier alpha value is -1.96. The molecule has 1 aliphatic heterocycles. The van der Waals surface area contributed by atoms with Crippen molar-refractivity contribution in [1.29, 1.82) is 0 Å². The van der Waals surface area contributed by atoms with Crippen LogP contribution in [0.15, 0.2) is 0 Å². The summed E-state index contributed by atoms with van der Waals surface area (Å²) in [5.74, 6) is -0.369. The number of H-pyrrole nitrogens is 1. The average Bonchev–Trinajstić information content (AvgIpc) is 2.88. The lowest BCUT2D eigenvalue weighted by Crippen LogP contribution is -2.55. The fourth-order valence-corrected chi connectivity index (χ4v) is 3.28. The summed E-state index contributed by atoms with van der Waals surface area (Å²) in [4.78, 5) is 25.0. The van der Waals surface area contributed by atoms with E-state index in [1.165, 1.54) is 0 Å². The first-order chi connectivity index (χ1) is 10.1. The van der Waals surface area contributed by atoms with Gasteiger partial charge in [0, 0.05) is 6.54 Å². The van der Waals surface area contributed by atoms with Crippen LogP contribution in [0.1, 0.15) is 41.9 Å². The van der Waals surface area contributed by atoms with E-state index in [-0.39, 0.29) is 29.4 Å². The van der Waals surface area contributed by atoms with Crippen molar-refractivity contribution in [3.63, 3.8) is 0 Å². The van der Waals surface area contributed by atoms with Crippen LogP contribution in [-0.4, -0.2) is 51.2 Å². The fraction of sp³-hybridized carbons (Fsp3) is 0.692. The zero-order valence-electron chi connectivity index (χ0n) is 11.9. The number of morpholine rings is 1. The molecule has 0 bridgehead atoms. The summed E-state index contributed by atoms with van der Waals surface area (Å²) in [5, 5.41) is 17.5. The Morgan fingerprint density at radius 2 is 2.24 bits per heavy atom. The quantitative estimate of drug-likeness (QED) is 0.656. The Bertz CT molecular complexity index is 569. The van der Waals surface area contributed by atoms with Crippen LogP contribution in [0.5, 0.6) is 0 Å². The highest BCUT2D eigenvalue weighted by Gasteiger charge is 2.40. The van der Waals surface area contributed by atoms with Crippen LogP contribution in [0.2, 0.25) is 0 Å². The van der Waals surface area contributed by atoms with E-state index < -0.39 is 4.92 Å². The minimum absolute atomic E-state index is 0.0108. The molecule has 21 heavy (non-hydrogen) atoms. The van der Waals surface area contributed by atoms with Gasteiger partial charge in [-0.1, -0.05) is 12.8 Å². The highest BCUT2D eigenvalue weighted by molar-refractivity contribution is 5.96. The third-order valence-electron chi connectivity index (χ3n) is 4.29. The van der Waals surface area contributed by atoms with Crippen molar-refractivity contribution >= 4 is 11.6 Å². The predicted molar refractivity (Wildman–Crippen MR) is 73.0 cm³/mol. The number of ether oxygens (including phenoxy) is 1. The molecule has 8 nitrogen and oxygen atoms in total. The summed E-state index contributed by atoms with van der Waals surface area (Å²) in [5.41, 5.74) is -0.0145. The molecule has 8 heteroatoms. The van der Waals surface area contributed by atoms with Crippen LogP contribution in [0.4, 0.5) is 5.69 Å². The van der Waals surface area contributed by atoms with Crippen molar-refractivity contribution in [3.8, 4) is 0 Å². The number of fused-ring (bicyclic) bond motifs is 1. The number of aromatic amines is 1. The molecule has 2 atom stereocenters. The summed E-state index contributed by atoms with van der Waals surface area (Å²) in [7, 11) is 0. The number of aryl methyl sites for hydroxylation is 1. The number of amides is 1. The van der Waals surface area contributed by atoms with Crippen LogP contribution in [0.25, 0.3) is 0 Å². The van der Waals surface area contributed by atoms with E-state index in [0.717, 1.165) is 25.7 Å². The van der Waals surface area contributed by atoms with Gasteiger partial charge in [-0.15, -0.1) is 0 Å². The molecule has 3 rings (SSSR count). The van der Waals surface area contributed by atoms with Crippen LogP contribution in [0.3, 0.4) is 0 Å². The summed E-state index contributed by atoms with van der Waals surface area (Å²) in [6.07, 6.45) is 4.03. The van der Waals surface area contributed by atoms with Gasteiger partial charge in [-0.05, 0) is 19.8 Å². The smallest absolute Gasteiger partial charge is 0.322 e.